The third-order valence-corrected chi connectivity index (χ3v) is 3.48. The molecule has 21 heavy (non-hydrogen) atoms. The number of amides is 1. The number of benzene rings is 1. The number of anilines is 2. The molecule has 3 N–H and O–H groups in total. The van der Waals surface area contributed by atoms with Crippen molar-refractivity contribution in [1.82, 2.24) is 9.78 Å². The van der Waals surface area contributed by atoms with E-state index >= 15 is 0 Å². The lowest BCUT2D eigenvalue weighted by molar-refractivity contribution is -0.116. The predicted octanol–water partition coefficient (Wildman–Crippen LogP) is 3.50. The predicted molar refractivity (Wildman–Crippen MR) is 85.7 cm³/mol. The van der Waals surface area contributed by atoms with Crippen LogP contribution in [0, 0.1) is 6.92 Å². The van der Waals surface area contributed by atoms with Gasteiger partial charge in [0, 0.05) is 24.8 Å². The number of nitrogens with two attached hydrogens (primary N) is 1. The van der Waals surface area contributed by atoms with Crippen LogP contribution in [-0.2, 0) is 11.3 Å². The zero-order chi connectivity index (χ0) is 15.4. The zero-order valence-corrected chi connectivity index (χ0v) is 13.1. The minimum atomic E-state index is -0.146. The Morgan fingerprint density at radius 1 is 1.38 bits per heavy atom. The molecule has 0 aliphatic rings. The fraction of sp³-hybridized carbons (Fsp3) is 0.286. The summed E-state index contributed by atoms with van der Waals surface area (Å²) in [6, 6.07) is 3.10. The molecule has 1 heterocycles. The molecule has 0 bridgehead atoms. The van der Waals surface area contributed by atoms with Gasteiger partial charge in [0.15, 0.2) is 0 Å². The number of rotatable bonds is 5. The van der Waals surface area contributed by atoms with Crippen molar-refractivity contribution in [2.75, 3.05) is 11.1 Å². The van der Waals surface area contributed by atoms with Crippen LogP contribution in [0.15, 0.2) is 24.5 Å². The molecule has 0 saturated carbocycles. The number of aryl methyl sites for hydroxylation is 2. The van der Waals surface area contributed by atoms with Crippen molar-refractivity contribution in [2.24, 2.45) is 0 Å². The van der Waals surface area contributed by atoms with Crippen molar-refractivity contribution in [3.63, 3.8) is 0 Å². The van der Waals surface area contributed by atoms with Crippen molar-refractivity contribution in [1.29, 1.82) is 0 Å². The smallest absolute Gasteiger partial charge is 0.224 e. The normalized spacial score (nSPS) is 10.6. The molecule has 2 aromatic rings. The van der Waals surface area contributed by atoms with Gasteiger partial charge in [-0.2, -0.15) is 5.10 Å². The van der Waals surface area contributed by atoms with E-state index in [1.165, 1.54) is 0 Å². The summed E-state index contributed by atoms with van der Waals surface area (Å²) in [6.45, 7) is 2.66. The SMILES string of the molecule is Cc1cnn(CCCC(=O)Nc2c(Cl)cc(N)cc2Cl)c1. The van der Waals surface area contributed by atoms with Crippen LogP contribution >= 0.6 is 23.2 Å². The molecule has 1 aromatic heterocycles. The Bertz CT molecular complexity index is 631. The van der Waals surface area contributed by atoms with Gasteiger partial charge in [-0.05, 0) is 31.0 Å². The molecule has 0 atom stereocenters. The first-order valence-electron chi connectivity index (χ1n) is 6.49. The molecular weight excluding hydrogens is 311 g/mol. The summed E-state index contributed by atoms with van der Waals surface area (Å²) in [4.78, 5) is 11.9. The molecular formula is C14H16Cl2N4O. The summed E-state index contributed by atoms with van der Waals surface area (Å²) in [7, 11) is 0. The summed E-state index contributed by atoms with van der Waals surface area (Å²) < 4.78 is 1.81. The fourth-order valence-electron chi connectivity index (χ4n) is 1.90. The van der Waals surface area contributed by atoms with Gasteiger partial charge >= 0.3 is 0 Å². The molecule has 1 aromatic carbocycles. The number of halogens is 2. The minimum absolute atomic E-state index is 0.146. The average molecular weight is 327 g/mol. The highest BCUT2D eigenvalue weighted by atomic mass is 35.5. The first-order valence-corrected chi connectivity index (χ1v) is 7.24. The third-order valence-electron chi connectivity index (χ3n) is 2.88. The van der Waals surface area contributed by atoms with Crippen LogP contribution in [0.1, 0.15) is 18.4 Å². The Labute approximate surface area is 133 Å². The molecule has 0 aliphatic heterocycles. The van der Waals surface area contributed by atoms with Crippen molar-refractivity contribution >= 4 is 40.5 Å². The summed E-state index contributed by atoms with van der Waals surface area (Å²) >= 11 is 12.0. The van der Waals surface area contributed by atoms with E-state index in [1.807, 2.05) is 17.8 Å². The second kappa shape index (κ2) is 6.83. The van der Waals surface area contributed by atoms with E-state index in [1.54, 1.807) is 18.3 Å². The van der Waals surface area contributed by atoms with Crippen LogP contribution in [0.4, 0.5) is 11.4 Å². The van der Waals surface area contributed by atoms with E-state index in [0.29, 0.717) is 40.8 Å². The number of hydrogen-bond donors (Lipinski definition) is 2. The van der Waals surface area contributed by atoms with Crippen LogP contribution in [0.2, 0.25) is 10.0 Å². The topological polar surface area (TPSA) is 72.9 Å². The van der Waals surface area contributed by atoms with Crippen LogP contribution in [0.5, 0.6) is 0 Å². The second-order valence-electron chi connectivity index (χ2n) is 4.79. The largest absolute Gasteiger partial charge is 0.399 e. The van der Waals surface area contributed by atoms with Crippen molar-refractivity contribution in [3.05, 3.63) is 40.1 Å². The average Bonchev–Trinajstić information content (AvgIpc) is 2.79. The molecule has 7 heteroatoms. The number of carbonyl (C=O) groups excluding carboxylic acids is 1. The molecule has 112 valence electrons. The molecule has 0 fully saturated rings. The Hall–Kier alpha value is -1.72. The molecule has 0 spiro atoms. The van der Waals surface area contributed by atoms with E-state index in [2.05, 4.69) is 10.4 Å². The fourth-order valence-corrected chi connectivity index (χ4v) is 2.50. The quantitative estimate of drug-likeness (QED) is 0.826. The lowest BCUT2D eigenvalue weighted by Crippen LogP contribution is -2.13. The van der Waals surface area contributed by atoms with E-state index in [4.69, 9.17) is 28.9 Å². The highest BCUT2D eigenvalue weighted by Gasteiger charge is 2.11. The molecule has 0 aliphatic carbocycles. The summed E-state index contributed by atoms with van der Waals surface area (Å²) in [5, 5.41) is 7.53. The first-order chi connectivity index (χ1) is 9.95. The van der Waals surface area contributed by atoms with Gasteiger partial charge in [-0.25, -0.2) is 0 Å². The Morgan fingerprint density at radius 3 is 2.62 bits per heavy atom. The summed E-state index contributed by atoms with van der Waals surface area (Å²) in [5.41, 5.74) is 7.56. The van der Waals surface area contributed by atoms with Gasteiger partial charge in [0.1, 0.15) is 0 Å². The van der Waals surface area contributed by atoms with Gasteiger partial charge < -0.3 is 11.1 Å². The van der Waals surface area contributed by atoms with Crippen molar-refractivity contribution < 1.29 is 4.79 Å². The van der Waals surface area contributed by atoms with Crippen LogP contribution in [0.3, 0.4) is 0 Å². The lowest BCUT2D eigenvalue weighted by Gasteiger charge is -2.10. The monoisotopic (exact) mass is 326 g/mol. The Morgan fingerprint density at radius 2 is 2.05 bits per heavy atom. The van der Waals surface area contributed by atoms with E-state index in [0.717, 1.165) is 5.56 Å². The maximum atomic E-state index is 11.9. The van der Waals surface area contributed by atoms with Gasteiger partial charge in [-0.15, -0.1) is 0 Å². The zero-order valence-electron chi connectivity index (χ0n) is 11.6. The highest BCUT2D eigenvalue weighted by Crippen LogP contribution is 2.32. The van der Waals surface area contributed by atoms with Gasteiger partial charge in [-0.1, -0.05) is 23.2 Å². The number of nitrogens with one attached hydrogen (secondary N) is 1. The lowest BCUT2D eigenvalue weighted by atomic mass is 10.2. The number of nitrogens with zero attached hydrogens (tertiary/aromatic N) is 2. The number of carbonyl (C=O) groups is 1. The maximum absolute atomic E-state index is 11.9. The second-order valence-corrected chi connectivity index (χ2v) is 5.61. The van der Waals surface area contributed by atoms with Crippen LogP contribution < -0.4 is 11.1 Å². The van der Waals surface area contributed by atoms with Crippen molar-refractivity contribution in [2.45, 2.75) is 26.3 Å². The molecule has 0 unspecified atom stereocenters. The summed E-state index contributed by atoms with van der Waals surface area (Å²) in [5.74, 6) is -0.146. The highest BCUT2D eigenvalue weighted by molar-refractivity contribution is 6.40. The van der Waals surface area contributed by atoms with E-state index < -0.39 is 0 Å². The van der Waals surface area contributed by atoms with Gasteiger partial charge in [0.25, 0.3) is 0 Å². The molecule has 1 amide bonds. The van der Waals surface area contributed by atoms with Crippen molar-refractivity contribution in [3.8, 4) is 0 Å². The number of nitrogen functional groups attached to an aromatic ring is 1. The molecule has 0 saturated heterocycles. The number of hydrogen-bond acceptors (Lipinski definition) is 3. The van der Waals surface area contributed by atoms with Gasteiger partial charge in [0.2, 0.25) is 5.91 Å². The Balaban J connectivity index is 1.87. The molecule has 5 nitrogen and oxygen atoms in total. The number of aromatic nitrogens is 2. The first kappa shape index (κ1) is 15.7. The van der Waals surface area contributed by atoms with E-state index in [-0.39, 0.29) is 5.91 Å². The van der Waals surface area contributed by atoms with Crippen LogP contribution in [-0.4, -0.2) is 15.7 Å². The minimum Gasteiger partial charge on any atom is -0.399 e. The Kier molecular flexibility index (Phi) is 5.09. The molecule has 0 radical (unpaired) electrons. The third kappa shape index (κ3) is 4.37. The van der Waals surface area contributed by atoms with Gasteiger partial charge in [-0.3, -0.25) is 9.48 Å². The van der Waals surface area contributed by atoms with Gasteiger partial charge in [0.05, 0.1) is 21.9 Å². The van der Waals surface area contributed by atoms with Crippen LogP contribution in [0.25, 0.3) is 0 Å². The maximum Gasteiger partial charge on any atom is 0.224 e. The van der Waals surface area contributed by atoms with E-state index in [9.17, 15) is 4.79 Å². The summed E-state index contributed by atoms with van der Waals surface area (Å²) in [6.07, 6.45) is 4.76. The standard InChI is InChI=1S/C14H16Cl2N4O/c1-9-7-18-20(8-9)4-2-3-13(21)19-14-11(15)5-10(17)6-12(14)16/h5-8H,2-4,17H2,1H3,(H,19,21). The molecule has 2 rings (SSSR count).